The van der Waals surface area contributed by atoms with Crippen molar-refractivity contribution in [3.8, 4) is 0 Å². The summed E-state index contributed by atoms with van der Waals surface area (Å²) in [5.41, 5.74) is 7.26. The fourth-order valence-electron chi connectivity index (χ4n) is 1.61. The number of carbonyl (C=O) groups is 1. The number of nitrogens with one attached hydrogen (secondary N) is 1. The number of anilines is 2. The first-order valence-corrected chi connectivity index (χ1v) is 6.40. The van der Waals surface area contributed by atoms with E-state index in [0.29, 0.717) is 5.69 Å². The number of nitrogen functional groups attached to an aromatic ring is 1. The number of hydrogen-bond acceptors (Lipinski definition) is 2. The van der Waals surface area contributed by atoms with Crippen LogP contribution in [0.1, 0.15) is 15.9 Å². The second-order valence-electron chi connectivity index (χ2n) is 4.13. The first-order valence-electron chi connectivity index (χ1n) is 5.60. The van der Waals surface area contributed by atoms with E-state index >= 15 is 0 Å². The average molecular weight is 323 g/mol. The van der Waals surface area contributed by atoms with Gasteiger partial charge in [-0.05, 0) is 52.7 Å². The van der Waals surface area contributed by atoms with E-state index in [1.807, 2.05) is 19.1 Å². The summed E-state index contributed by atoms with van der Waals surface area (Å²) < 4.78 is 14.1. The second-order valence-corrected chi connectivity index (χ2v) is 4.92. The van der Waals surface area contributed by atoms with Crippen molar-refractivity contribution in [3.63, 3.8) is 0 Å². The molecule has 2 aromatic rings. The van der Waals surface area contributed by atoms with Crippen molar-refractivity contribution in [1.29, 1.82) is 0 Å². The first kappa shape index (κ1) is 13.5. The third kappa shape index (κ3) is 2.93. The van der Waals surface area contributed by atoms with Crippen molar-refractivity contribution in [1.82, 2.24) is 0 Å². The average Bonchev–Trinajstić information content (AvgIpc) is 2.38. The Kier molecular flexibility index (Phi) is 3.85. The molecule has 0 unspecified atom stereocenters. The predicted octanol–water partition coefficient (Wildman–Crippen LogP) is 3.73. The van der Waals surface area contributed by atoms with Gasteiger partial charge in [-0.3, -0.25) is 4.79 Å². The van der Waals surface area contributed by atoms with Gasteiger partial charge in [0.2, 0.25) is 0 Å². The molecule has 0 aromatic heterocycles. The first-order chi connectivity index (χ1) is 8.99. The number of aryl methyl sites for hydroxylation is 1. The van der Waals surface area contributed by atoms with Gasteiger partial charge in [-0.15, -0.1) is 0 Å². The molecule has 19 heavy (non-hydrogen) atoms. The maximum atomic E-state index is 13.3. The quantitative estimate of drug-likeness (QED) is 0.828. The lowest BCUT2D eigenvalue weighted by atomic mass is 10.1. The SMILES string of the molecule is Cc1cccc(NC(=O)c2ccc(N)c(F)c2)c1Br. The fraction of sp³-hybridized carbons (Fsp3) is 0.0714. The Bertz CT molecular complexity index is 643. The lowest BCUT2D eigenvalue weighted by Crippen LogP contribution is -2.13. The lowest BCUT2D eigenvalue weighted by molar-refractivity contribution is 0.102. The van der Waals surface area contributed by atoms with Crippen LogP contribution >= 0.6 is 15.9 Å². The zero-order chi connectivity index (χ0) is 14.0. The summed E-state index contributed by atoms with van der Waals surface area (Å²) in [4.78, 5) is 12.0. The molecular formula is C14H12BrFN2O. The van der Waals surface area contributed by atoms with Crippen LogP contribution in [0.2, 0.25) is 0 Å². The minimum Gasteiger partial charge on any atom is -0.396 e. The molecule has 0 spiro atoms. The molecule has 98 valence electrons. The Labute approximate surface area is 118 Å². The van der Waals surface area contributed by atoms with E-state index in [1.54, 1.807) is 6.07 Å². The molecular weight excluding hydrogens is 311 g/mol. The number of rotatable bonds is 2. The highest BCUT2D eigenvalue weighted by Crippen LogP contribution is 2.26. The van der Waals surface area contributed by atoms with Crippen LogP contribution in [0.4, 0.5) is 15.8 Å². The molecule has 0 fully saturated rings. The molecule has 0 aliphatic rings. The molecule has 0 saturated carbocycles. The highest BCUT2D eigenvalue weighted by molar-refractivity contribution is 9.10. The van der Waals surface area contributed by atoms with Gasteiger partial charge < -0.3 is 11.1 Å². The van der Waals surface area contributed by atoms with Crippen LogP contribution in [0.5, 0.6) is 0 Å². The van der Waals surface area contributed by atoms with E-state index in [-0.39, 0.29) is 17.2 Å². The number of benzene rings is 2. The summed E-state index contributed by atoms with van der Waals surface area (Å²) in [6, 6.07) is 9.49. The Morgan fingerprint density at radius 3 is 2.74 bits per heavy atom. The summed E-state index contributed by atoms with van der Waals surface area (Å²) in [5, 5.41) is 2.72. The van der Waals surface area contributed by atoms with Gasteiger partial charge in [0.05, 0.1) is 11.4 Å². The largest absolute Gasteiger partial charge is 0.396 e. The number of carbonyl (C=O) groups excluding carboxylic acids is 1. The van der Waals surface area contributed by atoms with Crippen molar-refractivity contribution < 1.29 is 9.18 Å². The molecule has 0 atom stereocenters. The van der Waals surface area contributed by atoms with Crippen LogP contribution < -0.4 is 11.1 Å². The molecule has 0 aliphatic heterocycles. The van der Waals surface area contributed by atoms with E-state index in [0.717, 1.165) is 16.1 Å². The van der Waals surface area contributed by atoms with E-state index < -0.39 is 5.82 Å². The smallest absolute Gasteiger partial charge is 0.255 e. The van der Waals surface area contributed by atoms with Gasteiger partial charge in [-0.25, -0.2) is 4.39 Å². The number of nitrogens with two attached hydrogens (primary N) is 1. The van der Waals surface area contributed by atoms with Crippen molar-refractivity contribution >= 4 is 33.2 Å². The maximum absolute atomic E-state index is 13.3. The van der Waals surface area contributed by atoms with Crippen LogP contribution in [0.3, 0.4) is 0 Å². The van der Waals surface area contributed by atoms with Crippen LogP contribution in [-0.2, 0) is 0 Å². The molecule has 0 saturated heterocycles. The second kappa shape index (κ2) is 5.40. The summed E-state index contributed by atoms with van der Waals surface area (Å²) in [6.45, 7) is 1.92. The van der Waals surface area contributed by atoms with E-state index in [4.69, 9.17) is 5.73 Å². The molecule has 0 radical (unpaired) electrons. The zero-order valence-corrected chi connectivity index (χ0v) is 11.8. The lowest BCUT2D eigenvalue weighted by Gasteiger charge is -2.09. The topological polar surface area (TPSA) is 55.1 Å². The number of halogens is 2. The van der Waals surface area contributed by atoms with Crippen LogP contribution in [-0.4, -0.2) is 5.91 Å². The predicted molar refractivity (Wildman–Crippen MR) is 77.6 cm³/mol. The minimum atomic E-state index is -0.601. The summed E-state index contributed by atoms with van der Waals surface area (Å²) in [7, 11) is 0. The van der Waals surface area contributed by atoms with E-state index in [2.05, 4.69) is 21.2 Å². The monoisotopic (exact) mass is 322 g/mol. The van der Waals surface area contributed by atoms with Crippen molar-refractivity contribution in [2.75, 3.05) is 11.1 Å². The normalized spacial score (nSPS) is 10.3. The zero-order valence-electron chi connectivity index (χ0n) is 10.2. The Morgan fingerprint density at radius 2 is 2.05 bits per heavy atom. The maximum Gasteiger partial charge on any atom is 0.255 e. The van der Waals surface area contributed by atoms with Gasteiger partial charge in [-0.1, -0.05) is 12.1 Å². The third-order valence-electron chi connectivity index (χ3n) is 2.70. The van der Waals surface area contributed by atoms with Gasteiger partial charge in [0.15, 0.2) is 0 Å². The van der Waals surface area contributed by atoms with E-state index in [9.17, 15) is 9.18 Å². The van der Waals surface area contributed by atoms with E-state index in [1.165, 1.54) is 12.1 Å². The van der Waals surface area contributed by atoms with Crippen molar-refractivity contribution in [2.24, 2.45) is 0 Å². The molecule has 0 bridgehead atoms. The Balaban J connectivity index is 2.26. The van der Waals surface area contributed by atoms with Gasteiger partial charge in [0, 0.05) is 10.0 Å². The Morgan fingerprint density at radius 1 is 1.32 bits per heavy atom. The number of hydrogen-bond donors (Lipinski definition) is 2. The number of amides is 1. The standard InChI is InChI=1S/C14H12BrFN2O/c1-8-3-2-4-12(13(8)15)18-14(19)9-5-6-11(17)10(16)7-9/h2-7H,17H2,1H3,(H,18,19). The summed E-state index contributed by atoms with van der Waals surface area (Å²) in [6.07, 6.45) is 0. The molecule has 0 heterocycles. The molecule has 2 rings (SSSR count). The van der Waals surface area contributed by atoms with Crippen LogP contribution in [0.25, 0.3) is 0 Å². The van der Waals surface area contributed by atoms with Gasteiger partial charge >= 0.3 is 0 Å². The molecule has 5 heteroatoms. The van der Waals surface area contributed by atoms with Gasteiger partial charge in [-0.2, -0.15) is 0 Å². The molecule has 2 aromatic carbocycles. The van der Waals surface area contributed by atoms with Crippen molar-refractivity contribution in [3.05, 3.63) is 57.8 Å². The van der Waals surface area contributed by atoms with Gasteiger partial charge in [0.25, 0.3) is 5.91 Å². The third-order valence-corrected chi connectivity index (χ3v) is 3.76. The Hall–Kier alpha value is -1.88. The summed E-state index contributed by atoms with van der Waals surface area (Å²) in [5.74, 6) is -0.985. The van der Waals surface area contributed by atoms with Crippen LogP contribution in [0, 0.1) is 12.7 Å². The molecule has 3 nitrogen and oxygen atoms in total. The molecule has 0 aliphatic carbocycles. The summed E-state index contributed by atoms with van der Waals surface area (Å²) >= 11 is 3.40. The fourth-order valence-corrected chi connectivity index (χ4v) is 1.97. The highest BCUT2D eigenvalue weighted by Gasteiger charge is 2.11. The van der Waals surface area contributed by atoms with Crippen molar-refractivity contribution in [2.45, 2.75) is 6.92 Å². The highest BCUT2D eigenvalue weighted by atomic mass is 79.9. The molecule has 3 N–H and O–H groups in total. The van der Waals surface area contributed by atoms with Crippen LogP contribution in [0.15, 0.2) is 40.9 Å². The molecule has 1 amide bonds. The van der Waals surface area contributed by atoms with Gasteiger partial charge in [0.1, 0.15) is 5.82 Å². The minimum absolute atomic E-state index is 0.0216.